The van der Waals surface area contributed by atoms with Crippen molar-refractivity contribution in [2.45, 2.75) is 31.6 Å². The molecule has 2 atom stereocenters. The molecule has 1 aromatic heterocycles. The number of halogens is 3. The molecule has 0 aliphatic carbocycles. The highest BCUT2D eigenvalue weighted by molar-refractivity contribution is 5.83. The maximum absolute atomic E-state index is 12.6. The van der Waals surface area contributed by atoms with E-state index in [9.17, 15) is 18.0 Å². The first-order valence-corrected chi connectivity index (χ1v) is 7.83. The summed E-state index contributed by atoms with van der Waals surface area (Å²) < 4.78 is 39.3. The first kappa shape index (κ1) is 19.0. The Bertz CT molecular complexity index is 709. The Morgan fingerprint density at radius 3 is 2.40 bits per heavy atom. The summed E-state index contributed by atoms with van der Waals surface area (Å²) in [6, 6.07) is 4.20. The van der Waals surface area contributed by atoms with Crippen molar-refractivity contribution < 1.29 is 18.0 Å². The second-order valence-corrected chi connectivity index (χ2v) is 5.98. The smallest absolute Gasteiger partial charge is 0.352 e. The zero-order chi connectivity index (χ0) is 18.6. The Morgan fingerprint density at radius 1 is 1.28 bits per heavy atom. The van der Waals surface area contributed by atoms with Gasteiger partial charge in [0.1, 0.15) is 6.04 Å². The summed E-state index contributed by atoms with van der Waals surface area (Å²) in [6.45, 7) is 1.81. The van der Waals surface area contributed by atoms with E-state index in [2.05, 4.69) is 15.7 Å². The number of alkyl halides is 3. The molecule has 5 nitrogen and oxygen atoms in total. The van der Waals surface area contributed by atoms with Gasteiger partial charge in [-0.1, -0.05) is 12.1 Å². The zero-order valence-corrected chi connectivity index (χ0v) is 14.3. The van der Waals surface area contributed by atoms with Gasteiger partial charge < -0.3 is 10.6 Å². The minimum Gasteiger partial charge on any atom is -0.352 e. The highest BCUT2D eigenvalue weighted by atomic mass is 19.4. The molecule has 2 aromatic rings. The van der Waals surface area contributed by atoms with Crippen LogP contribution in [0.4, 0.5) is 13.2 Å². The fourth-order valence-electron chi connectivity index (χ4n) is 2.60. The average Bonchev–Trinajstić information content (AvgIpc) is 2.93. The van der Waals surface area contributed by atoms with Crippen molar-refractivity contribution in [3.05, 3.63) is 53.3 Å². The second-order valence-electron chi connectivity index (χ2n) is 5.98. The standard InChI is InChI=1S/C17H21F3N4O/c1-11(8-12-4-6-14(7-5-12)17(18,19)20)23-16(25)15(21-2)13-9-22-24(3)10-13/h4-7,9-11,15,21H,8H2,1-3H3,(H,23,25). The van der Waals surface area contributed by atoms with Crippen LogP contribution in [-0.2, 0) is 24.4 Å². The number of aromatic nitrogens is 2. The van der Waals surface area contributed by atoms with E-state index in [4.69, 9.17) is 0 Å². The molecule has 0 aliphatic heterocycles. The molecule has 8 heteroatoms. The molecule has 2 rings (SSSR count). The largest absolute Gasteiger partial charge is 0.416 e. The molecule has 1 heterocycles. The summed E-state index contributed by atoms with van der Waals surface area (Å²) >= 11 is 0. The lowest BCUT2D eigenvalue weighted by Gasteiger charge is -2.19. The molecule has 1 aromatic carbocycles. The molecule has 0 aliphatic rings. The normalized spacial score (nSPS) is 14.2. The predicted molar refractivity (Wildman–Crippen MR) is 87.8 cm³/mol. The second kappa shape index (κ2) is 7.69. The summed E-state index contributed by atoms with van der Waals surface area (Å²) in [5.74, 6) is -0.213. The van der Waals surface area contributed by atoms with Crippen LogP contribution in [0.25, 0.3) is 0 Å². The van der Waals surface area contributed by atoms with E-state index >= 15 is 0 Å². The number of aryl methyl sites for hydroxylation is 1. The van der Waals surface area contributed by atoms with Gasteiger partial charge in [0.15, 0.2) is 0 Å². The molecule has 0 bridgehead atoms. The van der Waals surface area contributed by atoms with Gasteiger partial charge in [0, 0.05) is 24.8 Å². The molecule has 0 radical (unpaired) electrons. The number of rotatable bonds is 6. The van der Waals surface area contributed by atoms with E-state index in [1.54, 1.807) is 31.2 Å². The topological polar surface area (TPSA) is 59.0 Å². The average molecular weight is 354 g/mol. The summed E-state index contributed by atoms with van der Waals surface area (Å²) in [6.07, 6.45) is -0.544. The van der Waals surface area contributed by atoms with Crippen LogP contribution in [-0.4, -0.2) is 28.8 Å². The molecule has 136 valence electrons. The molecule has 0 saturated heterocycles. The van der Waals surface area contributed by atoms with E-state index < -0.39 is 17.8 Å². The fourth-order valence-corrected chi connectivity index (χ4v) is 2.60. The van der Waals surface area contributed by atoms with Crippen LogP contribution in [0.5, 0.6) is 0 Å². The maximum Gasteiger partial charge on any atom is 0.416 e. The molecule has 25 heavy (non-hydrogen) atoms. The molecule has 0 saturated carbocycles. The number of hydrogen-bond acceptors (Lipinski definition) is 3. The van der Waals surface area contributed by atoms with Crippen LogP contribution in [0.2, 0.25) is 0 Å². The molecule has 0 spiro atoms. The van der Waals surface area contributed by atoms with Crippen LogP contribution in [0.1, 0.15) is 29.7 Å². The third kappa shape index (κ3) is 5.06. The van der Waals surface area contributed by atoms with Crippen molar-refractivity contribution in [1.82, 2.24) is 20.4 Å². The van der Waals surface area contributed by atoms with Crippen LogP contribution < -0.4 is 10.6 Å². The quantitative estimate of drug-likeness (QED) is 0.838. The van der Waals surface area contributed by atoms with E-state index in [1.165, 1.54) is 12.1 Å². The van der Waals surface area contributed by atoms with Crippen molar-refractivity contribution in [2.75, 3.05) is 7.05 Å². The van der Waals surface area contributed by atoms with Crippen LogP contribution in [0.3, 0.4) is 0 Å². The maximum atomic E-state index is 12.6. The summed E-state index contributed by atoms with van der Waals surface area (Å²) in [5.41, 5.74) is 0.784. The Kier molecular flexibility index (Phi) is 5.84. The molecule has 0 fully saturated rings. The Hall–Kier alpha value is -2.35. The van der Waals surface area contributed by atoms with Crippen molar-refractivity contribution in [1.29, 1.82) is 0 Å². The first-order chi connectivity index (χ1) is 11.7. The van der Waals surface area contributed by atoms with Gasteiger partial charge in [0.2, 0.25) is 5.91 Å². The highest BCUT2D eigenvalue weighted by Gasteiger charge is 2.30. The molecule has 1 amide bonds. The van der Waals surface area contributed by atoms with Gasteiger partial charge in [-0.25, -0.2) is 0 Å². The SMILES string of the molecule is CNC(C(=O)NC(C)Cc1ccc(C(F)(F)F)cc1)c1cnn(C)c1. The van der Waals surface area contributed by atoms with Gasteiger partial charge in [-0.05, 0) is 38.1 Å². The predicted octanol–water partition coefficient (Wildman–Crippen LogP) is 2.45. The number of nitrogens with one attached hydrogen (secondary N) is 2. The van der Waals surface area contributed by atoms with Gasteiger partial charge in [0.25, 0.3) is 0 Å². The fraction of sp³-hybridized carbons (Fsp3) is 0.412. The van der Waals surface area contributed by atoms with Crippen molar-refractivity contribution in [3.63, 3.8) is 0 Å². The van der Waals surface area contributed by atoms with Gasteiger partial charge in [0.05, 0.1) is 11.8 Å². The lowest BCUT2D eigenvalue weighted by Crippen LogP contribution is -2.41. The Balaban J connectivity index is 1.96. The number of hydrogen-bond donors (Lipinski definition) is 2. The van der Waals surface area contributed by atoms with Gasteiger partial charge in [-0.3, -0.25) is 9.48 Å². The lowest BCUT2D eigenvalue weighted by molar-refractivity contribution is -0.137. The minimum absolute atomic E-state index is 0.213. The molecular formula is C17H21F3N4O. The van der Waals surface area contributed by atoms with Gasteiger partial charge >= 0.3 is 6.18 Å². The number of nitrogens with zero attached hydrogens (tertiary/aromatic N) is 2. The molecule has 2 N–H and O–H groups in total. The van der Waals surface area contributed by atoms with Crippen LogP contribution in [0, 0.1) is 0 Å². The lowest BCUT2D eigenvalue weighted by atomic mass is 10.0. The Morgan fingerprint density at radius 2 is 1.92 bits per heavy atom. The zero-order valence-electron chi connectivity index (χ0n) is 14.3. The summed E-state index contributed by atoms with van der Waals surface area (Å²) in [7, 11) is 3.44. The Labute approximate surface area is 144 Å². The van der Waals surface area contributed by atoms with E-state index in [-0.39, 0.29) is 11.9 Å². The highest BCUT2D eigenvalue weighted by Crippen LogP contribution is 2.29. The van der Waals surface area contributed by atoms with E-state index in [0.29, 0.717) is 6.42 Å². The number of amides is 1. The van der Waals surface area contributed by atoms with Crippen molar-refractivity contribution in [3.8, 4) is 0 Å². The van der Waals surface area contributed by atoms with Crippen molar-refractivity contribution in [2.24, 2.45) is 7.05 Å². The first-order valence-electron chi connectivity index (χ1n) is 7.83. The third-order valence-electron chi connectivity index (χ3n) is 3.82. The van der Waals surface area contributed by atoms with Crippen LogP contribution >= 0.6 is 0 Å². The van der Waals surface area contributed by atoms with Gasteiger partial charge in [-0.2, -0.15) is 18.3 Å². The number of carbonyl (C=O) groups excluding carboxylic acids is 1. The van der Waals surface area contributed by atoms with Gasteiger partial charge in [-0.15, -0.1) is 0 Å². The monoisotopic (exact) mass is 354 g/mol. The van der Waals surface area contributed by atoms with Crippen molar-refractivity contribution >= 4 is 5.91 Å². The third-order valence-corrected chi connectivity index (χ3v) is 3.82. The summed E-state index contributed by atoms with van der Waals surface area (Å²) in [4.78, 5) is 12.4. The number of benzene rings is 1. The molecular weight excluding hydrogens is 333 g/mol. The van der Waals surface area contributed by atoms with E-state index in [1.807, 2.05) is 6.92 Å². The molecule has 2 unspecified atom stereocenters. The van der Waals surface area contributed by atoms with E-state index in [0.717, 1.165) is 23.3 Å². The minimum atomic E-state index is -4.35. The summed E-state index contributed by atoms with van der Waals surface area (Å²) in [5, 5.41) is 9.85. The number of likely N-dealkylation sites (N-methyl/N-ethyl adjacent to an activating group) is 1. The van der Waals surface area contributed by atoms with Crippen LogP contribution in [0.15, 0.2) is 36.7 Å². The number of carbonyl (C=O) groups is 1.